The predicted molar refractivity (Wildman–Crippen MR) is 135 cm³/mol. The fraction of sp³-hybridized carbons (Fsp3) is 0.280. The number of nitrogens with zero attached hydrogens (tertiary/aromatic N) is 5. The standard InChI is InChI=1S/C25H26N6O3S/c1-18-23(17-35(32)25-29-21-6-2-3-7-22(21)30-25)27-13-12-24(18)34-15-5-4-14-33-20-10-8-19(9-11-20)16-28-31-26/h2-3,6-13H,4-5,14-17H2,1H3,(H,29,30). The number of para-hydroxylation sites is 2. The second-order valence-electron chi connectivity index (χ2n) is 7.87. The molecule has 0 saturated heterocycles. The Balaban J connectivity index is 1.23. The molecule has 0 spiro atoms. The van der Waals surface area contributed by atoms with Gasteiger partial charge in [0.2, 0.25) is 0 Å². The number of aromatic amines is 1. The highest BCUT2D eigenvalue weighted by atomic mass is 32.2. The normalized spacial score (nSPS) is 11.7. The van der Waals surface area contributed by atoms with Crippen molar-refractivity contribution in [3.8, 4) is 11.5 Å². The Morgan fingerprint density at radius 2 is 1.83 bits per heavy atom. The second kappa shape index (κ2) is 12.0. The van der Waals surface area contributed by atoms with E-state index < -0.39 is 10.8 Å². The zero-order valence-electron chi connectivity index (χ0n) is 19.4. The van der Waals surface area contributed by atoms with Crippen molar-refractivity contribution in [2.45, 2.75) is 37.2 Å². The van der Waals surface area contributed by atoms with Crippen LogP contribution in [-0.4, -0.2) is 32.4 Å². The Bertz CT molecular complexity index is 1320. The van der Waals surface area contributed by atoms with Gasteiger partial charge < -0.3 is 14.5 Å². The molecular weight excluding hydrogens is 464 g/mol. The van der Waals surface area contributed by atoms with Crippen LogP contribution in [0.15, 0.2) is 71.1 Å². The van der Waals surface area contributed by atoms with Gasteiger partial charge in [0.15, 0.2) is 5.16 Å². The number of imidazole rings is 1. The third kappa shape index (κ3) is 6.59. The smallest absolute Gasteiger partial charge is 0.197 e. The lowest BCUT2D eigenvalue weighted by atomic mass is 10.2. The van der Waals surface area contributed by atoms with Gasteiger partial charge in [0.25, 0.3) is 0 Å². The molecule has 180 valence electrons. The van der Waals surface area contributed by atoms with E-state index in [0.717, 1.165) is 52.2 Å². The number of benzene rings is 2. The molecule has 2 aromatic carbocycles. The van der Waals surface area contributed by atoms with Crippen molar-refractivity contribution < 1.29 is 13.7 Å². The number of hydrogen-bond acceptors (Lipinski definition) is 6. The number of H-pyrrole nitrogens is 1. The Hall–Kier alpha value is -3.88. The molecule has 1 atom stereocenters. The lowest BCUT2D eigenvalue weighted by Gasteiger charge is -2.12. The first-order chi connectivity index (χ1) is 17.1. The molecular formula is C25H26N6O3S. The van der Waals surface area contributed by atoms with Crippen LogP contribution in [0.3, 0.4) is 0 Å². The Morgan fingerprint density at radius 3 is 2.60 bits per heavy atom. The summed E-state index contributed by atoms with van der Waals surface area (Å²) in [6.07, 6.45) is 3.35. The predicted octanol–water partition coefficient (Wildman–Crippen LogP) is 5.62. The van der Waals surface area contributed by atoms with E-state index in [9.17, 15) is 4.21 Å². The van der Waals surface area contributed by atoms with Gasteiger partial charge in [-0.05, 0) is 61.2 Å². The van der Waals surface area contributed by atoms with Crippen LogP contribution >= 0.6 is 0 Å². The lowest BCUT2D eigenvalue weighted by Crippen LogP contribution is -2.06. The van der Waals surface area contributed by atoms with Crippen LogP contribution in [0.2, 0.25) is 0 Å². The van der Waals surface area contributed by atoms with Crippen molar-refractivity contribution in [1.29, 1.82) is 0 Å². The topological polar surface area (TPSA) is 126 Å². The molecule has 0 saturated carbocycles. The number of hydrogen-bond donors (Lipinski definition) is 1. The van der Waals surface area contributed by atoms with Gasteiger partial charge in [-0.1, -0.05) is 29.4 Å². The number of azide groups is 1. The summed E-state index contributed by atoms with van der Waals surface area (Å²) in [5, 5.41) is 3.99. The molecule has 0 radical (unpaired) electrons. The van der Waals surface area contributed by atoms with Gasteiger partial charge in [-0.25, -0.2) is 4.98 Å². The van der Waals surface area contributed by atoms with Crippen LogP contribution < -0.4 is 9.47 Å². The van der Waals surface area contributed by atoms with E-state index in [-0.39, 0.29) is 5.75 Å². The Morgan fingerprint density at radius 1 is 1.06 bits per heavy atom. The molecule has 1 N–H and O–H groups in total. The van der Waals surface area contributed by atoms with E-state index in [0.29, 0.717) is 24.9 Å². The zero-order valence-corrected chi connectivity index (χ0v) is 20.2. The second-order valence-corrected chi connectivity index (χ2v) is 9.23. The van der Waals surface area contributed by atoms with Crippen molar-refractivity contribution >= 4 is 21.8 Å². The first-order valence-electron chi connectivity index (χ1n) is 11.3. The quantitative estimate of drug-likeness (QED) is 0.119. The van der Waals surface area contributed by atoms with Crippen LogP contribution in [0.4, 0.5) is 0 Å². The molecule has 0 aliphatic carbocycles. The molecule has 9 nitrogen and oxygen atoms in total. The molecule has 4 aromatic rings. The van der Waals surface area contributed by atoms with Crippen LogP contribution in [0.1, 0.15) is 29.7 Å². The van der Waals surface area contributed by atoms with E-state index >= 15 is 0 Å². The maximum atomic E-state index is 12.9. The number of unbranched alkanes of at least 4 members (excludes halogenated alkanes) is 1. The van der Waals surface area contributed by atoms with Crippen molar-refractivity contribution in [3.05, 3.63) is 88.1 Å². The number of aromatic nitrogens is 3. The molecule has 0 aliphatic rings. The fourth-order valence-corrected chi connectivity index (χ4v) is 4.57. The van der Waals surface area contributed by atoms with Crippen LogP contribution in [-0.2, 0) is 23.1 Å². The molecule has 35 heavy (non-hydrogen) atoms. The Kier molecular flexibility index (Phi) is 8.32. The summed E-state index contributed by atoms with van der Waals surface area (Å²) in [4.78, 5) is 14.7. The molecule has 2 aromatic heterocycles. The summed E-state index contributed by atoms with van der Waals surface area (Å²) < 4.78 is 24.6. The van der Waals surface area contributed by atoms with Gasteiger partial charge in [-0.2, -0.15) is 0 Å². The van der Waals surface area contributed by atoms with Crippen LogP contribution in [0.5, 0.6) is 11.5 Å². The van der Waals surface area contributed by atoms with Gasteiger partial charge in [0, 0.05) is 16.7 Å². The Labute approximate surface area is 205 Å². The van der Waals surface area contributed by atoms with Crippen molar-refractivity contribution in [1.82, 2.24) is 15.0 Å². The monoisotopic (exact) mass is 490 g/mol. The van der Waals surface area contributed by atoms with Gasteiger partial charge in [-0.15, -0.1) is 0 Å². The highest BCUT2D eigenvalue weighted by molar-refractivity contribution is 7.84. The molecule has 0 aliphatic heterocycles. The van der Waals surface area contributed by atoms with Crippen molar-refractivity contribution in [3.63, 3.8) is 0 Å². The van der Waals surface area contributed by atoms with Gasteiger partial charge in [-0.3, -0.25) is 9.19 Å². The van der Waals surface area contributed by atoms with Crippen LogP contribution in [0.25, 0.3) is 21.5 Å². The summed E-state index contributed by atoms with van der Waals surface area (Å²) in [7, 11) is -1.34. The molecule has 2 heterocycles. The minimum absolute atomic E-state index is 0.262. The third-order valence-corrected chi connectivity index (χ3v) is 6.57. The van der Waals surface area contributed by atoms with Crippen molar-refractivity contribution in [2.75, 3.05) is 13.2 Å². The third-order valence-electron chi connectivity index (χ3n) is 5.41. The highest BCUT2D eigenvalue weighted by Gasteiger charge is 2.15. The number of rotatable bonds is 12. The van der Waals surface area contributed by atoms with Gasteiger partial charge in [0.1, 0.15) is 11.5 Å². The summed E-state index contributed by atoms with van der Waals surface area (Å²) in [6.45, 7) is 3.39. The van der Waals surface area contributed by atoms with Gasteiger partial charge >= 0.3 is 0 Å². The summed E-state index contributed by atoms with van der Waals surface area (Å²) >= 11 is 0. The maximum absolute atomic E-state index is 12.9. The SMILES string of the molecule is Cc1c(OCCCCOc2ccc(CN=[N+]=[N-])cc2)ccnc1CS(=O)c1nc2ccccc2[nH]1. The highest BCUT2D eigenvalue weighted by Crippen LogP contribution is 2.23. The molecule has 1 unspecified atom stereocenters. The molecule has 10 heteroatoms. The largest absolute Gasteiger partial charge is 0.494 e. The fourth-order valence-electron chi connectivity index (χ4n) is 3.47. The molecule has 0 fully saturated rings. The summed E-state index contributed by atoms with van der Waals surface area (Å²) in [5.74, 6) is 1.79. The van der Waals surface area contributed by atoms with Crippen molar-refractivity contribution in [2.24, 2.45) is 5.11 Å². The average molecular weight is 491 g/mol. The maximum Gasteiger partial charge on any atom is 0.197 e. The number of pyridine rings is 1. The van der Waals surface area contributed by atoms with E-state index in [2.05, 4.69) is 25.0 Å². The van der Waals surface area contributed by atoms with E-state index in [1.807, 2.05) is 61.5 Å². The number of ether oxygens (including phenoxy) is 2. The first kappa shape index (κ1) is 24.3. The minimum Gasteiger partial charge on any atom is -0.494 e. The van der Waals surface area contributed by atoms with Crippen LogP contribution in [0, 0.1) is 6.92 Å². The first-order valence-corrected chi connectivity index (χ1v) is 12.6. The minimum atomic E-state index is -1.34. The lowest BCUT2D eigenvalue weighted by molar-refractivity contribution is 0.265. The summed E-state index contributed by atoms with van der Waals surface area (Å²) in [5.41, 5.74) is 12.6. The van der Waals surface area contributed by atoms with E-state index in [1.165, 1.54) is 0 Å². The van der Waals surface area contributed by atoms with Gasteiger partial charge in [0.05, 0.1) is 53.0 Å². The number of fused-ring (bicyclic) bond motifs is 1. The average Bonchev–Trinajstić information content (AvgIpc) is 3.32. The van der Waals surface area contributed by atoms with E-state index in [4.69, 9.17) is 15.0 Å². The molecule has 4 rings (SSSR count). The van der Waals surface area contributed by atoms with E-state index in [1.54, 1.807) is 6.20 Å². The zero-order chi connectivity index (χ0) is 24.5. The molecule has 0 amide bonds. The number of nitrogens with one attached hydrogen (secondary N) is 1. The molecule has 0 bridgehead atoms. The summed E-state index contributed by atoms with van der Waals surface area (Å²) in [6, 6.07) is 17.0.